The van der Waals surface area contributed by atoms with Crippen LogP contribution in [0.1, 0.15) is 56.6 Å². The smallest absolute Gasteiger partial charge is 0.191 e. The van der Waals surface area contributed by atoms with Crippen molar-refractivity contribution in [1.29, 1.82) is 0 Å². The first kappa shape index (κ1) is 20.0. The van der Waals surface area contributed by atoms with Crippen molar-refractivity contribution >= 4 is 5.96 Å². The molecule has 1 fully saturated rings. The first-order chi connectivity index (χ1) is 13.2. The summed E-state index contributed by atoms with van der Waals surface area (Å²) in [6, 6.07) is 6.53. The minimum absolute atomic E-state index is 0.190. The van der Waals surface area contributed by atoms with Crippen LogP contribution in [0.3, 0.4) is 0 Å². The summed E-state index contributed by atoms with van der Waals surface area (Å²) < 4.78 is 5.58. The van der Waals surface area contributed by atoms with E-state index in [-0.39, 0.29) is 12.0 Å². The lowest BCUT2D eigenvalue weighted by Crippen LogP contribution is -2.40. The lowest BCUT2D eigenvalue weighted by Gasteiger charge is -2.35. The summed E-state index contributed by atoms with van der Waals surface area (Å²) in [5.41, 5.74) is 2.86. The molecular weight excluding hydrogens is 338 g/mol. The normalized spacial score (nSPS) is 18.7. The lowest BCUT2D eigenvalue weighted by atomic mass is 9.72. The maximum absolute atomic E-state index is 9.50. The molecule has 3 rings (SSSR count). The Labute approximate surface area is 163 Å². The van der Waals surface area contributed by atoms with Gasteiger partial charge in [0.2, 0.25) is 0 Å². The van der Waals surface area contributed by atoms with E-state index in [2.05, 4.69) is 35.8 Å². The van der Waals surface area contributed by atoms with Crippen molar-refractivity contribution in [3.63, 3.8) is 0 Å². The Kier molecular flexibility index (Phi) is 7.39. The Hall–Kier alpha value is -1.75. The number of aliphatic imine (C=N–C) groups is 1. The fourth-order valence-corrected chi connectivity index (χ4v) is 4.34. The molecule has 0 bridgehead atoms. The van der Waals surface area contributed by atoms with E-state index in [9.17, 15) is 5.11 Å². The largest absolute Gasteiger partial charge is 0.493 e. The summed E-state index contributed by atoms with van der Waals surface area (Å²) in [5.74, 6) is 1.94. The second-order valence-electron chi connectivity index (χ2n) is 7.95. The maximum Gasteiger partial charge on any atom is 0.191 e. The number of fused-ring (bicyclic) bond motifs is 1. The quantitative estimate of drug-likeness (QED) is 0.484. The Morgan fingerprint density at radius 1 is 1.22 bits per heavy atom. The van der Waals surface area contributed by atoms with E-state index in [1.807, 2.05) is 0 Å². The number of nitrogens with zero attached hydrogens (tertiary/aromatic N) is 1. The SMILES string of the molecule is CCNC(=NCC1(CCO)CCCCC1)NCCc1ccc2c(c1)CCO2. The first-order valence-electron chi connectivity index (χ1n) is 10.6. The molecule has 27 heavy (non-hydrogen) atoms. The van der Waals surface area contributed by atoms with Gasteiger partial charge in [-0.05, 0) is 55.2 Å². The number of guanidine groups is 1. The van der Waals surface area contributed by atoms with E-state index >= 15 is 0 Å². The fraction of sp³-hybridized carbons (Fsp3) is 0.682. The topological polar surface area (TPSA) is 65.9 Å². The van der Waals surface area contributed by atoms with Gasteiger partial charge >= 0.3 is 0 Å². The summed E-state index contributed by atoms with van der Waals surface area (Å²) in [4.78, 5) is 4.88. The van der Waals surface area contributed by atoms with Gasteiger partial charge in [0, 0.05) is 32.7 Å². The zero-order valence-corrected chi connectivity index (χ0v) is 16.7. The Morgan fingerprint density at radius 2 is 2.07 bits per heavy atom. The number of benzene rings is 1. The first-order valence-corrected chi connectivity index (χ1v) is 10.6. The Morgan fingerprint density at radius 3 is 2.85 bits per heavy atom. The van der Waals surface area contributed by atoms with E-state index in [4.69, 9.17) is 9.73 Å². The zero-order valence-electron chi connectivity index (χ0n) is 16.7. The van der Waals surface area contributed by atoms with Crippen LogP contribution in [-0.4, -0.2) is 43.9 Å². The number of hydrogen-bond acceptors (Lipinski definition) is 3. The molecule has 1 heterocycles. The zero-order chi connectivity index (χ0) is 19.0. The van der Waals surface area contributed by atoms with Crippen molar-refractivity contribution in [2.45, 2.75) is 58.3 Å². The molecule has 2 aliphatic rings. The third kappa shape index (κ3) is 5.61. The van der Waals surface area contributed by atoms with Crippen molar-refractivity contribution in [2.24, 2.45) is 10.4 Å². The summed E-state index contributed by atoms with van der Waals surface area (Å²) in [5, 5.41) is 16.3. The van der Waals surface area contributed by atoms with Gasteiger partial charge in [0.25, 0.3) is 0 Å². The van der Waals surface area contributed by atoms with Crippen LogP contribution in [0.15, 0.2) is 23.2 Å². The van der Waals surface area contributed by atoms with Gasteiger partial charge in [-0.2, -0.15) is 0 Å². The lowest BCUT2D eigenvalue weighted by molar-refractivity contribution is 0.137. The maximum atomic E-state index is 9.50. The van der Waals surface area contributed by atoms with Crippen LogP contribution in [-0.2, 0) is 12.8 Å². The van der Waals surface area contributed by atoms with Crippen LogP contribution < -0.4 is 15.4 Å². The molecule has 0 aromatic heterocycles. The van der Waals surface area contributed by atoms with Gasteiger partial charge in [-0.3, -0.25) is 4.99 Å². The van der Waals surface area contributed by atoms with E-state index in [1.165, 1.54) is 43.2 Å². The predicted molar refractivity (Wildman–Crippen MR) is 111 cm³/mol. The van der Waals surface area contributed by atoms with Crippen LogP contribution in [0.25, 0.3) is 0 Å². The van der Waals surface area contributed by atoms with Crippen molar-refractivity contribution < 1.29 is 9.84 Å². The van der Waals surface area contributed by atoms with Crippen LogP contribution in [0.2, 0.25) is 0 Å². The van der Waals surface area contributed by atoms with Crippen LogP contribution in [0.4, 0.5) is 0 Å². The highest BCUT2D eigenvalue weighted by Crippen LogP contribution is 2.39. The highest BCUT2D eigenvalue weighted by Gasteiger charge is 2.31. The monoisotopic (exact) mass is 373 g/mol. The summed E-state index contributed by atoms with van der Waals surface area (Å²) in [6.07, 6.45) is 9.09. The molecular formula is C22H35N3O2. The number of nitrogens with one attached hydrogen (secondary N) is 2. The molecule has 0 saturated heterocycles. The minimum Gasteiger partial charge on any atom is -0.493 e. The molecule has 1 aliphatic heterocycles. The van der Waals surface area contributed by atoms with E-state index < -0.39 is 0 Å². The van der Waals surface area contributed by atoms with Crippen molar-refractivity contribution in [2.75, 3.05) is 32.8 Å². The van der Waals surface area contributed by atoms with Gasteiger partial charge in [-0.1, -0.05) is 31.4 Å². The molecule has 5 heteroatoms. The van der Waals surface area contributed by atoms with Crippen molar-refractivity contribution in [1.82, 2.24) is 10.6 Å². The molecule has 0 unspecified atom stereocenters. The van der Waals surface area contributed by atoms with Crippen LogP contribution in [0.5, 0.6) is 5.75 Å². The predicted octanol–water partition coefficient (Wildman–Crippen LogP) is 3.05. The molecule has 3 N–H and O–H groups in total. The molecule has 150 valence electrons. The number of ether oxygens (including phenoxy) is 1. The minimum atomic E-state index is 0.190. The van der Waals surface area contributed by atoms with E-state index in [0.717, 1.165) is 57.2 Å². The molecule has 0 spiro atoms. The standard InChI is InChI=1S/C22H35N3O2/c1-2-23-21(25-17-22(12-14-26)10-4-3-5-11-22)24-13-8-18-6-7-20-19(16-18)9-15-27-20/h6-7,16,26H,2-5,8-15,17H2,1H3,(H2,23,24,25). The van der Waals surface area contributed by atoms with Gasteiger partial charge in [-0.25, -0.2) is 0 Å². The molecule has 1 saturated carbocycles. The van der Waals surface area contributed by atoms with Gasteiger partial charge < -0.3 is 20.5 Å². The van der Waals surface area contributed by atoms with E-state index in [1.54, 1.807) is 0 Å². The third-order valence-corrected chi connectivity index (χ3v) is 5.93. The molecule has 1 aliphatic carbocycles. The van der Waals surface area contributed by atoms with Gasteiger partial charge in [0.15, 0.2) is 5.96 Å². The van der Waals surface area contributed by atoms with Crippen molar-refractivity contribution in [3.05, 3.63) is 29.3 Å². The molecule has 1 aromatic rings. The van der Waals surface area contributed by atoms with Gasteiger partial charge in [0.05, 0.1) is 6.61 Å². The number of aliphatic hydroxyl groups excluding tert-OH is 1. The van der Waals surface area contributed by atoms with E-state index in [0.29, 0.717) is 0 Å². The Bertz CT molecular complexity index is 618. The molecule has 5 nitrogen and oxygen atoms in total. The third-order valence-electron chi connectivity index (χ3n) is 5.93. The summed E-state index contributed by atoms with van der Waals surface area (Å²) in [6.45, 7) is 5.69. The molecule has 0 atom stereocenters. The van der Waals surface area contributed by atoms with Gasteiger partial charge in [-0.15, -0.1) is 0 Å². The summed E-state index contributed by atoms with van der Waals surface area (Å²) in [7, 11) is 0. The summed E-state index contributed by atoms with van der Waals surface area (Å²) >= 11 is 0. The molecule has 0 radical (unpaired) electrons. The molecule has 1 aromatic carbocycles. The molecule has 0 amide bonds. The number of aliphatic hydroxyl groups is 1. The average Bonchev–Trinajstić information content (AvgIpc) is 3.15. The average molecular weight is 374 g/mol. The second kappa shape index (κ2) is 9.98. The van der Waals surface area contributed by atoms with Crippen LogP contribution in [0, 0.1) is 5.41 Å². The van der Waals surface area contributed by atoms with Crippen molar-refractivity contribution in [3.8, 4) is 5.75 Å². The highest BCUT2D eigenvalue weighted by atomic mass is 16.5. The Balaban J connectivity index is 1.54. The van der Waals surface area contributed by atoms with Gasteiger partial charge in [0.1, 0.15) is 5.75 Å². The fourth-order valence-electron chi connectivity index (χ4n) is 4.34. The van der Waals surface area contributed by atoms with Crippen LogP contribution >= 0.6 is 0 Å². The second-order valence-corrected chi connectivity index (χ2v) is 7.95. The number of rotatable bonds is 8. The number of hydrogen-bond donors (Lipinski definition) is 3. The highest BCUT2D eigenvalue weighted by molar-refractivity contribution is 5.79.